The zero-order valence-corrected chi connectivity index (χ0v) is 24.2. The molecule has 0 aliphatic rings. The van der Waals surface area contributed by atoms with Gasteiger partial charge in [-0.25, -0.2) is 4.79 Å². The van der Waals surface area contributed by atoms with Crippen LogP contribution in [-0.2, 0) is 26.0 Å². The Morgan fingerprint density at radius 1 is 0.865 bits per heavy atom. The van der Waals surface area contributed by atoms with Crippen molar-refractivity contribution in [3.05, 3.63) is 65.2 Å². The van der Waals surface area contributed by atoms with Crippen LogP contribution in [0.1, 0.15) is 90.7 Å². The number of esters is 1. The Kier molecular flexibility index (Phi) is 9.43. The second-order valence-corrected chi connectivity index (χ2v) is 12.8. The molecule has 2 N–H and O–H groups in total. The Morgan fingerprint density at radius 3 is 1.86 bits per heavy atom. The van der Waals surface area contributed by atoms with Crippen molar-refractivity contribution >= 4 is 24.8 Å². The number of carbonyl (C=O) groups is 2. The van der Waals surface area contributed by atoms with Gasteiger partial charge in [-0.3, -0.25) is 4.79 Å². The summed E-state index contributed by atoms with van der Waals surface area (Å²) in [6.07, 6.45) is 0.289. The summed E-state index contributed by atoms with van der Waals surface area (Å²) < 4.78 is 11.6. The summed E-state index contributed by atoms with van der Waals surface area (Å²) in [5.74, 6) is -0.804. The number of benzene rings is 2. The highest BCUT2D eigenvalue weighted by Crippen LogP contribution is 2.24. The maximum Gasteiger partial charge on any atom is 0.329 e. The van der Waals surface area contributed by atoms with Crippen LogP contribution in [0.5, 0.6) is 0 Å². The molecule has 202 valence electrons. The molecule has 0 unspecified atom stereocenters. The van der Waals surface area contributed by atoms with Crippen molar-refractivity contribution in [2.45, 2.75) is 104 Å². The summed E-state index contributed by atoms with van der Waals surface area (Å²) in [6.45, 7) is 18.9. The molecule has 0 bridgehead atoms. The van der Waals surface area contributed by atoms with E-state index in [1.807, 2.05) is 50.2 Å². The third-order valence-corrected chi connectivity index (χ3v) is 6.55. The molecule has 0 aromatic heterocycles. The summed E-state index contributed by atoms with van der Waals surface area (Å²) in [4.78, 5) is 26.0. The first-order chi connectivity index (χ1) is 16.8. The fraction of sp³-hybridized carbons (Fsp3) is 0.533. The first-order valence-electron chi connectivity index (χ1n) is 12.9. The largest absolute Gasteiger partial charge is 0.458 e. The monoisotopic (exact) mass is 509 g/mol. The molecule has 2 rings (SSSR count). The van der Waals surface area contributed by atoms with Gasteiger partial charge in [-0.15, -0.1) is 0 Å². The number of hydrogen-bond donors (Lipinski definition) is 2. The van der Waals surface area contributed by atoms with Crippen molar-refractivity contribution in [3.8, 4) is 0 Å². The van der Waals surface area contributed by atoms with Crippen molar-refractivity contribution in [3.63, 3.8) is 0 Å². The van der Waals surface area contributed by atoms with Gasteiger partial charge < -0.3 is 19.8 Å². The van der Waals surface area contributed by atoms with E-state index in [4.69, 9.17) is 9.39 Å². The van der Waals surface area contributed by atoms with E-state index in [1.54, 1.807) is 46.8 Å². The van der Waals surface area contributed by atoms with Crippen LogP contribution in [0.25, 0.3) is 0 Å². The molecular formula is C30H44BNO5. The highest BCUT2D eigenvalue weighted by atomic mass is 16.6. The molecule has 7 heteroatoms. The minimum Gasteiger partial charge on any atom is -0.458 e. The quantitative estimate of drug-likeness (QED) is 0.391. The SMILES string of the molecule is CC(C)(C)OC(=O)[C@H](Cc1ccc(BOC(C)(C)C(C)(C)O)cc1)NC(=O)c1ccc(C(C)(C)C)cc1. The highest BCUT2D eigenvalue weighted by Gasteiger charge is 2.35. The average molecular weight is 509 g/mol. The fourth-order valence-electron chi connectivity index (χ4n) is 3.38. The zero-order valence-electron chi connectivity index (χ0n) is 24.2. The van der Waals surface area contributed by atoms with Gasteiger partial charge in [0.15, 0.2) is 0 Å². The molecule has 0 heterocycles. The van der Waals surface area contributed by atoms with Crippen molar-refractivity contribution in [2.24, 2.45) is 0 Å². The van der Waals surface area contributed by atoms with E-state index in [-0.39, 0.29) is 17.7 Å². The van der Waals surface area contributed by atoms with Crippen molar-refractivity contribution in [1.82, 2.24) is 5.32 Å². The molecule has 37 heavy (non-hydrogen) atoms. The van der Waals surface area contributed by atoms with E-state index < -0.39 is 28.8 Å². The number of hydrogen-bond acceptors (Lipinski definition) is 5. The van der Waals surface area contributed by atoms with Crippen molar-refractivity contribution < 1.29 is 24.1 Å². The number of rotatable bonds is 9. The number of carbonyl (C=O) groups excluding carboxylic acids is 2. The Bertz CT molecular complexity index is 1060. The molecule has 0 aliphatic heterocycles. The Morgan fingerprint density at radius 2 is 1.41 bits per heavy atom. The molecule has 0 saturated heterocycles. The fourth-order valence-corrected chi connectivity index (χ4v) is 3.38. The molecule has 0 aliphatic carbocycles. The first kappa shape index (κ1) is 30.6. The maximum atomic E-state index is 13.0. The summed E-state index contributed by atoms with van der Waals surface area (Å²) in [5.41, 5.74) is 1.04. The van der Waals surface area contributed by atoms with Gasteiger partial charge in [-0.2, -0.15) is 0 Å². The molecule has 0 saturated carbocycles. The van der Waals surface area contributed by atoms with E-state index >= 15 is 0 Å². The predicted octanol–water partition coefficient (Wildman–Crippen LogP) is 4.21. The summed E-state index contributed by atoms with van der Waals surface area (Å²) in [6, 6.07) is 14.3. The van der Waals surface area contributed by atoms with Crippen LogP contribution in [0.15, 0.2) is 48.5 Å². The zero-order chi connectivity index (χ0) is 28.2. The lowest BCUT2D eigenvalue weighted by Crippen LogP contribution is -2.49. The summed E-state index contributed by atoms with van der Waals surface area (Å²) >= 11 is 0. The van der Waals surface area contributed by atoms with E-state index in [2.05, 4.69) is 26.1 Å². The Balaban J connectivity index is 2.16. The standard InChI is InChI=1S/C30H44BNO5/c1-27(2,3)22-15-13-21(14-16-22)25(33)32-24(26(34)36-28(4,5)6)19-20-11-17-23(18-12-20)31-37-30(9,10)29(7,8)35/h11-18,24,31,35H,19H2,1-10H3,(H,32,33)/t24-/m0/s1. The van der Waals surface area contributed by atoms with Gasteiger partial charge in [-0.1, -0.05) is 62.6 Å². The lowest BCUT2D eigenvalue weighted by molar-refractivity contribution is -0.157. The van der Waals surface area contributed by atoms with Gasteiger partial charge in [0, 0.05) is 12.0 Å². The molecule has 6 nitrogen and oxygen atoms in total. The lowest BCUT2D eigenvalue weighted by atomic mass is 9.82. The van der Waals surface area contributed by atoms with E-state index in [0.717, 1.165) is 16.6 Å². The molecule has 1 amide bonds. The highest BCUT2D eigenvalue weighted by molar-refractivity contribution is 6.47. The van der Waals surface area contributed by atoms with Crippen LogP contribution < -0.4 is 10.8 Å². The summed E-state index contributed by atoms with van der Waals surface area (Å²) in [5, 5.41) is 13.2. The number of ether oxygens (including phenoxy) is 1. The van der Waals surface area contributed by atoms with Crippen LogP contribution in [0, 0.1) is 0 Å². The molecule has 0 radical (unpaired) electrons. The van der Waals surface area contributed by atoms with E-state index in [9.17, 15) is 14.7 Å². The van der Waals surface area contributed by atoms with Gasteiger partial charge in [0.1, 0.15) is 11.6 Å². The number of nitrogens with one attached hydrogen (secondary N) is 1. The topological polar surface area (TPSA) is 84.9 Å². The normalized spacial score (nSPS) is 13.6. The van der Waals surface area contributed by atoms with Gasteiger partial charge >= 0.3 is 13.5 Å². The summed E-state index contributed by atoms with van der Waals surface area (Å²) in [7, 11) is 0.341. The molecule has 0 spiro atoms. The second-order valence-electron chi connectivity index (χ2n) is 12.8. The number of aliphatic hydroxyl groups is 1. The predicted molar refractivity (Wildman–Crippen MR) is 151 cm³/mol. The third-order valence-electron chi connectivity index (χ3n) is 6.55. The van der Waals surface area contributed by atoms with Crippen LogP contribution >= 0.6 is 0 Å². The molecule has 1 atom stereocenters. The number of amides is 1. The van der Waals surface area contributed by atoms with Crippen LogP contribution in [0.2, 0.25) is 0 Å². The van der Waals surface area contributed by atoms with Crippen LogP contribution in [0.3, 0.4) is 0 Å². The minimum absolute atomic E-state index is 0.0185. The van der Waals surface area contributed by atoms with E-state index in [0.29, 0.717) is 13.0 Å². The average Bonchev–Trinajstić information content (AvgIpc) is 2.75. The Labute approximate surface area is 223 Å². The Hall–Kier alpha value is -2.64. The molecular weight excluding hydrogens is 465 g/mol. The lowest BCUT2D eigenvalue weighted by Gasteiger charge is -2.37. The maximum absolute atomic E-state index is 13.0. The van der Waals surface area contributed by atoms with Crippen LogP contribution in [0.4, 0.5) is 0 Å². The van der Waals surface area contributed by atoms with Gasteiger partial charge in [0.2, 0.25) is 0 Å². The van der Waals surface area contributed by atoms with Crippen LogP contribution in [-0.4, -0.2) is 47.3 Å². The van der Waals surface area contributed by atoms with Gasteiger partial charge in [0.25, 0.3) is 5.91 Å². The smallest absolute Gasteiger partial charge is 0.329 e. The van der Waals surface area contributed by atoms with Gasteiger partial charge in [-0.05, 0) is 77.1 Å². The van der Waals surface area contributed by atoms with Gasteiger partial charge in [0.05, 0.1) is 11.2 Å². The van der Waals surface area contributed by atoms with Crippen molar-refractivity contribution in [1.29, 1.82) is 0 Å². The van der Waals surface area contributed by atoms with Crippen molar-refractivity contribution in [2.75, 3.05) is 0 Å². The molecule has 2 aromatic carbocycles. The second kappa shape index (κ2) is 11.4. The van der Waals surface area contributed by atoms with E-state index in [1.165, 1.54) is 0 Å². The third kappa shape index (κ3) is 9.31. The first-order valence-corrected chi connectivity index (χ1v) is 12.9. The molecule has 2 aromatic rings. The molecule has 0 fully saturated rings. The minimum atomic E-state index is -0.987.